The Hall–Kier alpha value is -1.44. The van der Waals surface area contributed by atoms with Gasteiger partial charge in [-0.05, 0) is 24.6 Å². The summed E-state index contributed by atoms with van der Waals surface area (Å²) in [5, 5.41) is 0. The summed E-state index contributed by atoms with van der Waals surface area (Å²) < 4.78 is 25.1. The summed E-state index contributed by atoms with van der Waals surface area (Å²) in [5.41, 5.74) is 0.346. The van der Waals surface area contributed by atoms with Crippen LogP contribution in [0, 0.1) is 0 Å². The molecule has 0 atom stereocenters. The van der Waals surface area contributed by atoms with Crippen LogP contribution in [-0.4, -0.2) is 51.4 Å². The summed E-state index contributed by atoms with van der Waals surface area (Å²) in [4.78, 5) is 18.6. The number of rotatable bonds is 7. The molecule has 1 amide bonds. The van der Waals surface area contributed by atoms with Gasteiger partial charge >= 0.3 is 0 Å². The molecule has 0 spiro atoms. The third kappa shape index (κ3) is 4.26. The fourth-order valence-electron chi connectivity index (χ4n) is 1.75. The molecule has 0 aliphatic rings. The molecule has 0 radical (unpaired) electrons. The third-order valence-corrected chi connectivity index (χ3v) is 4.84. The summed E-state index contributed by atoms with van der Waals surface area (Å²) >= 11 is 0. The lowest BCUT2D eigenvalue weighted by Gasteiger charge is -2.18. The first-order valence-corrected chi connectivity index (χ1v) is 8.17. The third-order valence-electron chi connectivity index (χ3n) is 3.17. The van der Waals surface area contributed by atoms with Gasteiger partial charge in [0.1, 0.15) is 0 Å². The van der Waals surface area contributed by atoms with Crippen LogP contribution in [0.1, 0.15) is 30.1 Å². The molecular weight excluding hydrogens is 292 g/mol. The fraction of sp³-hybridized carbons (Fsp3) is 0.500. The van der Waals surface area contributed by atoms with E-state index in [1.54, 1.807) is 24.1 Å². The predicted molar refractivity (Wildman–Crippen MR) is 80.3 cm³/mol. The van der Waals surface area contributed by atoms with Gasteiger partial charge in [-0.2, -0.15) is 0 Å². The molecule has 0 fully saturated rings. The van der Waals surface area contributed by atoms with Crippen LogP contribution >= 0.6 is 0 Å². The number of benzene rings is 1. The highest BCUT2D eigenvalue weighted by atomic mass is 32.2. The highest BCUT2D eigenvalue weighted by Crippen LogP contribution is 2.17. The molecule has 1 rings (SSSR count). The molecule has 1 aromatic carbocycles. The van der Waals surface area contributed by atoms with Gasteiger partial charge in [-0.25, -0.2) is 8.42 Å². The lowest BCUT2D eigenvalue weighted by molar-refractivity contribution is -0.0258. The van der Waals surface area contributed by atoms with Crippen molar-refractivity contribution in [3.63, 3.8) is 0 Å². The van der Waals surface area contributed by atoms with E-state index >= 15 is 0 Å². The van der Waals surface area contributed by atoms with E-state index in [0.29, 0.717) is 12.1 Å². The molecular formula is C14H22N2O4S. The van der Waals surface area contributed by atoms with Crippen LogP contribution in [0.3, 0.4) is 0 Å². The lowest BCUT2D eigenvalue weighted by Crippen LogP contribution is -2.29. The van der Waals surface area contributed by atoms with Crippen LogP contribution in [-0.2, 0) is 14.9 Å². The molecule has 0 heterocycles. The maximum atomic E-state index is 12.3. The minimum atomic E-state index is -3.75. The first-order chi connectivity index (χ1) is 9.84. The van der Waals surface area contributed by atoms with Crippen LogP contribution in [0.25, 0.3) is 0 Å². The number of amides is 1. The smallest absolute Gasteiger partial charge is 0.264 e. The topological polar surface area (TPSA) is 66.9 Å². The standard InChI is InChI=1S/C14H22N2O4S/c1-5-6-10-15(2)14(17)12-8-7-9-13(11-12)21(18,19)16(3)20-4/h7-9,11H,5-6,10H2,1-4H3. The van der Waals surface area contributed by atoms with Crippen molar-refractivity contribution >= 4 is 15.9 Å². The van der Waals surface area contributed by atoms with E-state index in [2.05, 4.69) is 0 Å². The summed E-state index contributed by atoms with van der Waals surface area (Å²) in [6, 6.07) is 5.97. The highest BCUT2D eigenvalue weighted by Gasteiger charge is 2.22. The Morgan fingerprint density at radius 2 is 1.95 bits per heavy atom. The maximum Gasteiger partial charge on any atom is 0.264 e. The molecule has 1 aromatic rings. The minimum Gasteiger partial charge on any atom is -0.342 e. The normalized spacial score (nSPS) is 11.7. The highest BCUT2D eigenvalue weighted by molar-refractivity contribution is 7.89. The van der Waals surface area contributed by atoms with Gasteiger partial charge in [0, 0.05) is 26.2 Å². The summed E-state index contributed by atoms with van der Waals surface area (Å²) in [6.45, 7) is 2.69. The largest absolute Gasteiger partial charge is 0.342 e. The number of unbranched alkanes of at least 4 members (excludes halogenated alkanes) is 1. The van der Waals surface area contributed by atoms with Crippen molar-refractivity contribution in [3.8, 4) is 0 Å². The van der Waals surface area contributed by atoms with Crippen LogP contribution in [0.2, 0.25) is 0 Å². The predicted octanol–water partition coefficient (Wildman–Crippen LogP) is 1.74. The Morgan fingerprint density at radius 1 is 1.29 bits per heavy atom. The van der Waals surface area contributed by atoms with Crippen molar-refractivity contribution in [1.29, 1.82) is 0 Å². The van der Waals surface area contributed by atoms with Crippen molar-refractivity contribution in [3.05, 3.63) is 29.8 Å². The van der Waals surface area contributed by atoms with Crippen molar-refractivity contribution < 1.29 is 18.0 Å². The van der Waals surface area contributed by atoms with E-state index in [1.165, 1.54) is 26.3 Å². The van der Waals surface area contributed by atoms with E-state index in [4.69, 9.17) is 4.84 Å². The quantitative estimate of drug-likeness (QED) is 0.719. The van der Waals surface area contributed by atoms with E-state index < -0.39 is 10.0 Å². The molecule has 0 unspecified atom stereocenters. The minimum absolute atomic E-state index is 0.0293. The molecule has 0 aromatic heterocycles. The zero-order valence-corrected chi connectivity index (χ0v) is 13.7. The molecule has 0 saturated heterocycles. The van der Waals surface area contributed by atoms with Crippen molar-refractivity contribution in [1.82, 2.24) is 9.37 Å². The number of nitrogens with zero attached hydrogens (tertiary/aromatic N) is 2. The Balaban J connectivity index is 3.03. The maximum absolute atomic E-state index is 12.3. The van der Waals surface area contributed by atoms with Crippen LogP contribution < -0.4 is 0 Å². The zero-order chi connectivity index (χ0) is 16.0. The van der Waals surface area contributed by atoms with Gasteiger partial charge < -0.3 is 4.90 Å². The molecule has 6 nitrogen and oxygen atoms in total. The number of sulfonamides is 1. The number of hydrogen-bond donors (Lipinski definition) is 0. The van der Waals surface area contributed by atoms with Crippen molar-refractivity contribution in [2.45, 2.75) is 24.7 Å². The Kier molecular flexibility index (Phi) is 6.32. The lowest BCUT2D eigenvalue weighted by atomic mass is 10.2. The average molecular weight is 314 g/mol. The van der Waals surface area contributed by atoms with Crippen LogP contribution in [0.4, 0.5) is 0 Å². The monoisotopic (exact) mass is 314 g/mol. The van der Waals surface area contributed by atoms with E-state index in [0.717, 1.165) is 17.3 Å². The second kappa shape index (κ2) is 7.53. The number of carbonyl (C=O) groups is 1. The van der Waals surface area contributed by atoms with E-state index in [9.17, 15) is 13.2 Å². The second-order valence-corrected chi connectivity index (χ2v) is 6.64. The molecule has 7 heteroatoms. The SMILES string of the molecule is CCCCN(C)C(=O)c1cccc(S(=O)(=O)N(C)OC)c1. The molecule has 0 N–H and O–H groups in total. The summed E-state index contributed by atoms with van der Waals surface area (Å²) in [6.07, 6.45) is 1.90. The Labute approximate surface area is 126 Å². The molecule has 0 saturated carbocycles. The van der Waals surface area contributed by atoms with Crippen LogP contribution in [0.5, 0.6) is 0 Å². The van der Waals surface area contributed by atoms with Crippen molar-refractivity contribution in [2.24, 2.45) is 0 Å². The van der Waals surface area contributed by atoms with Gasteiger partial charge in [-0.15, -0.1) is 0 Å². The van der Waals surface area contributed by atoms with Crippen molar-refractivity contribution in [2.75, 3.05) is 27.7 Å². The van der Waals surface area contributed by atoms with Gasteiger partial charge in [0.15, 0.2) is 0 Å². The summed E-state index contributed by atoms with van der Waals surface area (Å²) in [7, 11) is 0.533. The van der Waals surface area contributed by atoms with Gasteiger partial charge in [0.05, 0.1) is 12.0 Å². The molecule has 21 heavy (non-hydrogen) atoms. The molecule has 118 valence electrons. The van der Waals surface area contributed by atoms with Gasteiger partial charge in [0.2, 0.25) is 0 Å². The first-order valence-electron chi connectivity index (χ1n) is 6.73. The number of carbonyl (C=O) groups excluding carboxylic acids is 1. The second-order valence-electron chi connectivity index (χ2n) is 4.71. The van der Waals surface area contributed by atoms with Gasteiger partial charge in [-0.1, -0.05) is 23.9 Å². The number of hydroxylamine groups is 1. The van der Waals surface area contributed by atoms with Crippen LogP contribution in [0.15, 0.2) is 29.2 Å². The zero-order valence-electron chi connectivity index (χ0n) is 12.9. The number of hydrogen-bond acceptors (Lipinski definition) is 4. The van der Waals surface area contributed by atoms with Gasteiger partial charge in [0.25, 0.3) is 15.9 Å². The fourth-order valence-corrected chi connectivity index (χ4v) is 2.77. The van der Waals surface area contributed by atoms with E-state index in [1.807, 2.05) is 6.92 Å². The Bertz CT molecular complexity index is 586. The van der Waals surface area contributed by atoms with Gasteiger partial charge in [-0.3, -0.25) is 9.63 Å². The molecule has 0 bridgehead atoms. The Morgan fingerprint density at radius 3 is 2.52 bits per heavy atom. The summed E-state index contributed by atoms with van der Waals surface area (Å²) in [5.74, 6) is -0.194. The van der Waals surface area contributed by atoms with E-state index in [-0.39, 0.29) is 10.8 Å². The molecule has 0 aliphatic heterocycles. The first kappa shape index (κ1) is 17.6. The molecule has 0 aliphatic carbocycles. The average Bonchev–Trinajstić information content (AvgIpc) is 2.50.